The average Bonchev–Trinajstić information content (AvgIpc) is 3.08. The zero-order valence-electron chi connectivity index (χ0n) is 12.1. The van der Waals surface area contributed by atoms with Gasteiger partial charge in [-0.25, -0.2) is 0 Å². The summed E-state index contributed by atoms with van der Waals surface area (Å²) in [6, 6.07) is 23.0. The molecule has 106 valence electrons. The summed E-state index contributed by atoms with van der Waals surface area (Å²) < 4.78 is 5.54. The number of para-hydroxylation sites is 1. The maximum Gasteiger partial charge on any atom is 0.125 e. The molecule has 2 heteroatoms. The Balaban J connectivity index is 1.92. The lowest BCUT2D eigenvalue weighted by Crippen LogP contribution is -2.09. The first-order chi connectivity index (χ1) is 10.4. The lowest BCUT2D eigenvalue weighted by molar-refractivity contribution is 0.474. The number of benzene rings is 2. The van der Waals surface area contributed by atoms with E-state index in [0.717, 1.165) is 17.9 Å². The first kappa shape index (κ1) is 13.5. The van der Waals surface area contributed by atoms with E-state index in [1.54, 1.807) is 6.26 Å². The molecule has 3 aromatic rings. The number of furan rings is 1. The first-order valence-corrected chi connectivity index (χ1v) is 7.33. The summed E-state index contributed by atoms with van der Waals surface area (Å²) in [7, 11) is 0. The Bertz CT molecular complexity index is 674. The Hall–Kier alpha value is -2.48. The van der Waals surface area contributed by atoms with Crippen molar-refractivity contribution in [3.63, 3.8) is 0 Å². The van der Waals surface area contributed by atoms with Gasteiger partial charge >= 0.3 is 0 Å². The van der Waals surface area contributed by atoms with Crippen LogP contribution in [0.15, 0.2) is 77.4 Å². The van der Waals surface area contributed by atoms with E-state index < -0.39 is 0 Å². The standard InChI is InChI=1S/C19H19NO/c1-2-17(19-13-8-14-21-19)20-18-12-7-6-11-16(18)15-9-4-3-5-10-15/h3-14,17,20H,2H2,1H3. The summed E-state index contributed by atoms with van der Waals surface area (Å²) in [6.45, 7) is 2.16. The van der Waals surface area contributed by atoms with Gasteiger partial charge in [0.15, 0.2) is 0 Å². The summed E-state index contributed by atoms with van der Waals surface area (Å²) in [5.74, 6) is 0.973. The van der Waals surface area contributed by atoms with Gasteiger partial charge in [0.1, 0.15) is 5.76 Å². The minimum Gasteiger partial charge on any atom is -0.467 e. The molecule has 0 aliphatic heterocycles. The zero-order valence-corrected chi connectivity index (χ0v) is 12.1. The van der Waals surface area contributed by atoms with Crippen LogP contribution in [0.2, 0.25) is 0 Å². The van der Waals surface area contributed by atoms with Crippen molar-refractivity contribution in [1.82, 2.24) is 0 Å². The minimum atomic E-state index is 0.185. The molecule has 1 atom stereocenters. The van der Waals surface area contributed by atoms with Gasteiger partial charge in [-0.05, 0) is 30.2 Å². The Kier molecular flexibility index (Phi) is 4.06. The molecule has 2 aromatic carbocycles. The van der Waals surface area contributed by atoms with Crippen molar-refractivity contribution >= 4 is 5.69 Å². The fraction of sp³-hybridized carbons (Fsp3) is 0.158. The predicted molar refractivity (Wildman–Crippen MR) is 87.2 cm³/mol. The lowest BCUT2D eigenvalue weighted by atomic mass is 10.0. The van der Waals surface area contributed by atoms with E-state index in [0.29, 0.717) is 0 Å². The van der Waals surface area contributed by atoms with Crippen LogP contribution in [0.25, 0.3) is 11.1 Å². The number of anilines is 1. The second-order valence-corrected chi connectivity index (χ2v) is 5.03. The van der Waals surface area contributed by atoms with Crippen LogP contribution in [-0.2, 0) is 0 Å². The third-order valence-electron chi connectivity index (χ3n) is 3.64. The smallest absolute Gasteiger partial charge is 0.125 e. The molecule has 2 nitrogen and oxygen atoms in total. The maximum absolute atomic E-state index is 5.54. The summed E-state index contributed by atoms with van der Waals surface area (Å²) >= 11 is 0. The highest BCUT2D eigenvalue weighted by Crippen LogP contribution is 2.31. The highest BCUT2D eigenvalue weighted by Gasteiger charge is 2.13. The molecule has 1 unspecified atom stereocenters. The van der Waals surface area contributed by atoms with Gasteiger partial charge in [-0.15, -0.1) is 0 Å². The molecular weight excluding hydrogens is 258 g/mol. The van der Waals surface area contributed by atoms with Crippen molar-refractivity contribution in [3.8, 4) is 11.1 Å². The van der Waals surface area contributed by atoms with E-state index in [2.05, 4.69) is 60.8 Å². The molecule has 0 saturated heterocycles. The number of hydrogen-bond donors (Lipinski definition) is 1. The molecule has 1 N–H and O–H groups in total. The predicted octanol–water partition coefficient (Wildman–Crippen LogP) is 5.51. The second kappa shape index (κ2) is 6.31. The largest absolute Gasteiger partial charge is 0.467 e. The van der Waals surface area contributed by atoms with Gasteiger partial charge in [0.05, 0.1) is 12.3 Å². The molecule has 0 saturated carbocycles. The SMILES string of the molecule is CCC(Nc1ccccc1-c1ccccc1)c1ccco1. The van der Waals surface area contributed by atoms with Gasteiger partial charge in [0, 0.05) is 11.3 Å². The third kappa shape index (κ3) is 3.00. The van der Waals surface area contributed by atoms with Crippen molar-refractivity contribution in [2.75, 3.05) is 5.32 Å². The number of nitrogens with one attached hydrogen (secondary N) is 1. The van der Waals surface area contributed by atoms with E-state index in [4.69, 9.17) is 4.42 Å². The second-order valence-electron chi connectivity index (χ2n) is 5.03. The molecule has 0 fully saturated rings. The molecule has 0 amide bonds. The average molecular weight is 277 g/mol. The monoisotopic (exact) mass is 277 g/mol. The van der Waals surface area contributed by atoms with E-state index in [1.807, 2.05) is 18.2 Å². The molecule has 0 bridgehead atoms. The van der Waals surface area contributed by atoms with Crippen molar-refractivity contribution in [2.45, 2.75) is 19.4 Å². The normalized spacial score (nSPS) is 12.0. The van der Waals surface area contributed by atoms with E-state index >= 15 is 0 Å². The fourth-order valence-corrected chi connectivity index (χ4v) is 2.53. The molecule has 0 aliphatic carbocycles. The Labute approximate surface area is 125 Å². The molecule has 1 aromatic heterocycles. The topological polar surface area (TPSA) is 25.2 Å². The van der Waals surface area contributed by atoms with Crippen LogP contribution in [0.5, 0.6) is 0 Å². The van der Waals surface area contributed by atoms with Gasteiger partial charge in [-0.3, -0.25) is 0 Å². The molecule has 3 rings (SSSR count). The van der Waals surface area contributed by atoms with Crippen LogP contribution in [0, 0.1) is 0 Å². The van der Waals surface area contributed by atoms with Gasteiger partial charge in [0.2, 0.25) is 0 Å². The first-order valence-electron chi connectivity index (χ1n) is 7.33. The van der Waals surface area contributed by atoms with Crippen LogP contribution in [-0.4, -0.2) is 0 Å². The molecular formula is C19H19NO. The lowest BCUT2D eigenvalue weighted by Gasteiger charge is -2.19. The maximum atomic E-state index is 5.54. The van der Waals surface area contributed by atoms with Gasteiger partial charge < -0.3 is 9.73 Å². The zero-order chi connectivity index (χ0) is 14.5. The quantitative estimate of drug-likeness (QED) is 0.665. The molecule has 0 aliphatic rings. The Morgan fingerprint density at radius 3 is 2.38 bits per heavy atom. The van der Waals surface area contributed by atoms with Crippen LogP contribution in [0.4, 0.5) is 5.69 Å². The number of rotatable bonds is 5. The number of hydrogen-bond acceptors (Lipinski definition) is 2. The Morgan fingerprint density at radius 2 is 1.67 bits per heavy atom. The van der Waals surface area contributed by atoms with Crippen LogP contribution >= 0.6 is 0 Å². The van der Waals surface area contributed by atoms with E-state index in [-0.39, 0.29) is 6.04 Å². The fourth-order valence-electron chi connectivity index (χ4n) is 2.53. The molecule has 21 heavy (non-hydrogen) atoms. The van der Waals surface area contributed by atoms with Crippen LogP contribution < -0.4 is 5.32 Å². The molecule has 1 heterocycles. The highest BCUT2D eigenvalue weighted by atomic mass is 16.3. The summed E-state index contributed by atoms with van der Waals surface area (Å²) in [5, 5.41) is 3.60. The highest BCUT2D eigenvalue weighted by molar-refractivity contribution is 5.77. The third-order valence-corrected chi connectivity index (χ3v) is 3.64. The summed E-state index contributed by atoms with van der Waals surface area (Å²) in [4.78, 5) is 0. The van der Waals surface area contributed by atoms with Gasteiger partial charge in [-0.1, -0.05) is 55.5 Å². The van der Waals surface area contributed by atoms with E-state index in [1.165, 1.54) is 11.1 Å². The van der Waals surface area contributed by atoms with Gasteiger partial charge in [0.25, 0.3) is 0 Å². The van der Waals surface area contributed by atoms with Crippen molar-refractivity contribution in [1.29, 1.82) is 0 Å². The molecule has 0 radical (unpaired) electrons. The molecule has 0 spiro atoms. The van der Waals surface area contributed by atoms with Crippen molar-refractivity contribution in [2.24, 2.45) is 0 Å². The van der Waals surface area contributed by atoms with Gasteiger partial charge in [-0.2, -0.15) is 0 Å². The van der Waals surface area contributed by atoms with Crippen LogP contribution in [0.1, 0.15) is 25.1 Å². The summed E-state index contributed by atoms with van der Waals surface area (Å²) in [5.41, 5.74) is 3.56. The summed E-state index contributed by atoms with van der Waals surface area (Å²) in [6.07, 6.45) is 2.69. The van der Waals surface area contributed by atoms with Crippen molar-refractivity contribution < 1.29 is 4.42 Å². The van der Waals surface area contributed by atoms with E-state index in [9.17, 15) is 0 Å². The van der Waals surface area contributed by atoms with Crippen molar-refractivity contribution in [3.05, 3.63) is 78.8 Å². The van der Waals surface area contributed by atoms with Crippen LogP contribution in [0.3, 0.4) is 0 Å². The minimum absolute atomic E-state index is 0.185. The Morgan fingerprint density at radius 1 is 0.905 bits per heavy atom.